The van der Waals surface area contributed by atoms with Gasteiger partial charge in [0, 0.05) is 17.3 Å². The lowest BCUT2D eigenvalue weighted by Gasteiger charge is -2.13. The lowest BCUT2D eigenvalue weighted by molar-refractivity contribution is -0.116. The van der Waals surface area contributed by atoms with Gasteiger partial charge in [-0.1, -0.05) is 18.2 Å². The van der Waals surface area contributed by atoms with Crippen LogP contribution in [-0.4, -0.2) is 20.4 Å². The summed E-state index contributed by atoms with van der Waals surface area (Å²) in [5.74, 6) is 0.255. The molecule has 0 fully saturated rings. The average Bonchev–Trinajstić information content (AvgIpc) is 3.01. The first-order chi connectivity index (χ1) is 13.0. The van der Waals surface area contributed by atoms with E-state index in [1.165, 1.54) is 15.9 Å². The summed E-state index contributed by atoms with van der Waals surface area (Å²) in [4.78, 5) is 35.2. The maximum absolute atomic E-state index is 13.0. The minimum atomic E-state index is -0.252. The van der Waals surface area contributed by atoms with Crippen molar-refractivity contribution in [3.8, 4) is 0 Å². The highest BCUT2D eigenvalue weighted by molar-refractivity contribution is 7.25. The van der Waals surface area contributed by atoms with Gasteiger partial charge in [0.1, 0.15) is 21.9 Å². The predicted octanol–water partition coefficient (Wildman–Crippen LogP) is 3.57. The topological polar surface area (TPSA) is 76.9 Å². The molecule has 0 atom stereocenters. The van der Waals surface area contributed by atoms with E-state index in [9.17, 15) is 9.59 Å². The Balaban J connectivity index is 1.72. The van der Waals surface area contributed by atoms with Crippen LogP contribution in [-0.2, 0) is 11.3 Å². The second-order valence-electron chi connectivity index (χ2n) is 6.50. The Morgan fingerprint density at radius 1 is 1.15 bits per heavy atom. The second-order valence-corrected chi connectivity index (χ2v) is 7.50. The van der Waals surface area contributed by atoms with E-state index in [1.54, 1.807) is 13.1 Å². The molecule has 1 aromatic carbocycles. The van der Waals surface area contributed by atoms with Gasteiger partial charge in [-0.25, -0.2) is 9.97 Å². The highest BCUT2D eigenvalue weighted by Crippen LogP contribution is 2.28. The molecule has 0 bridgehead atoms. The van der Waals surface area contributed by atoms with Gasteiger partial charge in [-0.15, -0.1) is 11.3 Å². The van der Waals surface area contributed by atoms with Gasteiger partial charge in [0.2, 0.25) is 5.91 Å². The van der Waals surface area contributed by atoms with Crippen molar-refractivity contribution in [3.63, 3.8) is 0 Å². The van der Waals surface area contributed by atoms with E-state index < -0.39 is 0 Å². The molecule has 1 N–H and O–H groups in total. The zero-order chi connectivity index (χ0) is 19.1. The number of aryl methyl sites for hydroxylation is 3. The summed E-state index contributed by atoms with van der Waals surface area (Å²) < 4.78 is 1.94. The molecule has 136 valence electrons. The van der Waals surface area contributed by atoms with Gasteiger partial charge in [0.25, 0.3) is 5.56 Å². The molecule has 4 rings (SSSR count). The largest absolute Gasteiger partial charge is 0.324 e. The van der Waals surface area contributed by atoms with Gasteiger partial charge in [0.05, 0.1) is 5.52 Å². The van der Waals surface area contributed by atoms with Crippen molar-refractivity contribution < 1.29 is 4.79 Å². The van der Waals surface area contributed by atoms with Crippen LogP contribution < -0.4 is 10.9 Å². The number of fused-ring (bicyclic) bond motifs is 3. The fourth-order valence-electron chi connectivity index (χ4n) is 3.19. The number of para-hydroxylation sites is 1. The van der Waals surface area contributed by atoms with E-state index in [0.717, 1.165) is 27.0 Å². The van der Waals surface area contributed by atoms with E-state index in [-0.39, 0.29) is 18.0 Å². The maximum atomic E-state index is 13.0. The summed E-state index contributed by atoms with van der Waals surface area (Å²) in [7, 11) is 0. The fourth-order valence-corrected chi connectivity index (χ4v) is 4.22. The molecule has 3 heterocycles. The van der Waals surface area contributed by atoms with E-state index >= 15 is 0 Å². The van der Waals surface area contributed by atoms with E-state index in [0.29, 0.717) is 16.0 Å². The lowest BCUT2D eigenvalue weighted by atomic mass is 10.1. The molecule has 4 aromatic rings. The monoisotopic (exact) mass is 378 g/mol. The number of nitrogens with one attached hydrogen (secondary N) is 1. The maximum Gasteiger partial charge on any atom is 0.272 e. The minimum Gasteiger partial charge on any atom is -0.324 e. The van der Waals surface area contributed by atoms with Gasteiger partial charge in [-0.3, -0.25) is 14.2 Å². The molecule has 0 radical (unpaired) electrons. The number of rotatable bonds is 3. The van der Waals surface area contributed by atoms with E-state index in [2.05, 4.69) is 15.3 Å². The van der Waals surface area contributed by atoms with Crippen molar-refractivity contribution in [1.82, 2.24) is 14.5 Å². The Bertz CT molecular complexity index is 1240. The molecule has 0 aliphatic rings. The number of carbonyl (C=O) groups excluding carboxylic acids is 1. The summed E-state index contributed by atoms with van der Waals surface area (Å²) in [6.07, 6.45) is 1.70. The Kier molecular flexibility index (Phi) is 4.24. The standard InChI is InChI=1S/C20H18N4O2S/c1-11-6-4-7-12(2)16(11)23-15(25)10-24-13(3)22-17-14-8-5-9-21-19(14)27-18(17)20(24)26/h4-9H,10H2,1-3H3,(H,23,25). The van der Waals surface area contributed by atoms with E-state index in [1.807, 2.05) is 44.2 Å². The minimum absolute atomic E-state index is 0.0803. The van der Waals surface area contributed by atoms with Gasteiger partial charge in [-0.05, 0) is 44.0 Å². The average molecular weight is 378 g/mol. The number of amides is 1. The normalized spacial score (nSPS) is 11.2. The molecule has 7 heteroatoms. The number of carbonyl (C=O) groups is 1. The number of pyridine rings is 1. The molecule has 27 heavy (non-hydrogen) atoms. The van der Waals surface area contributed by atoms with Crippen molar-refractivity contribution in [2.24, 2.45) is 0 Å². The number of hydrogen-bond donors (Lipinski definition) is 1. The lowest BCUT2D eigenvalue weighted by Crippen LogP contribution is -2.30. The third-order valence-electron chi connectivity index (χ3n) is 4.59. The smallest absolute Gasteiger partial charge is 0.272 e. The molecule has 0 aliphatic carbocycles. The van der Waals surface area contributed by atoms with Crippen LogP contribution in [0.25, 0.3) is 20.4 Å². The molecule has 1 amide bonds. The molecule has 0 saturated heterocycles. The molecule has 0 saturated carbocycles. The molecule has 0 aliphatic heterocycles. The number of anilines is 1. The van der Waals surface area contributed by atoms with Crippen LogP contribution in [0, 0.1) is 20.8 Å². The third-order valence-corrected chi connectivity index (χ3v) is 5.68. The molecular weight excluding hydrogens is 360 g/mol. The molecule has 6 nitrogen and oxygen atoms in total. The van der Waals surface area contributed by atoms with Crippen molar-refractivity contribution in [2.75, 3.05) is 5.32 Å². The summed E-state index contributed by atoms with van der Waals surface area (Å²) >= 11 is 1.31. The quantitative estimate of drug-likeness (QED) is 0.591. The molecule has 0 spiro atoms. The Hall–Kier alpha value is -3.06. The summed E-state index contributed by atoms with van der Waals surface area (Å²) in [6.45, 7) is 5.55. The van der Waals surface area contributed by atoms with Gasteiger partial charge in [-0.2, -0.15) is 0 Å². The zero-order valence-corrected chi connectivity index (χ0v) is 16.1. The van der Waals surface area contributed by atoms with E-state index in [4.69, 9.17) is 0 Å². The first kappa shape index (κ1) is 17.4. The molecule has 0 unspecified atom stereocenters. The number of hydrogen-bond acceptors (Lipinski definition) is 5. The molecule has 3 aromatic heterocycles. The summed E-state index contributed by atoms with van der Waals surface area (Å²) in [5.41, 5.74) is 3.19. The van der Waals surface area contributed by atoms with Crippen LogP contribution in [0.1, 0.15) is 17.0 Å². The van der Waals surface area contributed by atoms with Gasteiger partial charge >= 0.3 is 0 Å². The van der Waals surface area contributed by atoms with Crippen LogP contribution in [0.3, 0.4) is 0 Å². The first-order valence-corrected chi connectivity index (χ1v) is 9.38. The Morgan fingerprint density at radius 3 is 2.63 bits per heavy atom. The SMILES string of the molecule is Cc1cccc(C)c1NC(=O)Cn1c(C)nc2c(sc3ncccc32)c1=O. The highest BCUT2D eigenvalue weighted by Gasteiger charge is 2.17. The first-order valence-electron chi connectivity index (χ1n) is 8.56. The van der Waals surface area contributed by atoms with Gasteiger partial charge in [0.15, 0.2) is 0 Å². The third kappa shape index (κ3) is 3.00. The molecular formula is C20H18N4O2S. The van der Waals surface area contributed by atoms with Crippen molar-refractivity contribution in [2.45, 2.75) is 27.3 Å². The van der Waals surface area contributed by atoms with Crippen LogP contribution in [0.5, 0.6) is 0 Å². The highest BCUT2D eigenvalue weighted by atomic mass is 32.1. The van der Waals surface area contributed by atoms with Crippen LogP contribution >= 0.6 is 11.3 Å². The summed E-state index contributed by atoms with van der Waals surface area (Å²) in [5, 5.41) is 3.79. The van der Waals surface area contributed by atoms with Crippen LogP contribution in [0.15, 0.2) is 41.3 Å². The predicted molar refractivity (Wildman–Crippen MR) is 108 cm³/mol. The van der Waals surface area contributed by atoms with Crippen LogP contribution in [0.2, 0.25) is 0 Å². The van der Waals surface area contributed by atoms with Crippen molar-refractivity contribution >= 4 is 43.4 Å². The van der Waals surface area contributed by atoms with Crippen LogP contribution in [0.4, 0.5) is 5.69 Å². The van der Waals surface area contributed by atoms with Gasteiger partial charge < -0.3 is 5.32 Å². The number of benzene rings is 1. The number of nitrogens with zero attached hydrogens (tertiary/aromatic N) is 3. The van der Waals surface area contributed by atoms with Crippen molar-refractivity contribution in [1.29, 1.82) is 0 Å². The Labute approximate surface area is 159 Å². The zero-order valence-electron chi connectivity index (χ0n) is 15.2. The second kappa shape index (κ2) is 6.59. The summed E-state index contributed by atoms with van der Waals surface area (Å²) in [6, 6.07) is 9.57. The number of aromatic nitrogens is 3. The fraction of sp³-hybridized carbons (Fsp3) is 0.200. The van der Waals surface area contributed by atoms with Crippen molar-refractivity contribution in [3.05, 3.63) is 63.8 Å². The number of thiophene rings is 1. The Morgan fingerprint density at radius 2 is 1.89 bits per heavy atom.